The Labute approximate surface area is 176 Å². The summed E-state index contributed by atoms with van der Waals surface area (Å²) in [6.07, 6.45) is 3.38. The number of hydrogen-bond acceptors (Lipinski definition) is 6. The Balaban J connectivity index is 1.60. The number of morpholine rings is 1. The van der Waals surface area contributed by atoms with E-state index in [1.165, 1.54) is 18.2 Å². The molecule has 3 heterocycles. The number of anilines is 1. The zero-order chi connectivity index (χ0) is 20.1. The summed E-state index contributed by atoms with van der Waals surface area (Å²) in [6.45, 7) is 7.61. The molecule has 2 aliphatic rings. The minimum Gasteiger partial charge on any atom is -0.378 e. The maximum absolute atomic E-state index is 13.4. The summed E-state index contributed by atoms with van der Waals surface area (Å²) in [7, 11) is 0. The van der Waals surface area contributed by atoms with Gasteiger partial charge in [0.25, 0.3) is 0 Å². The number of likely N-dealkylation sites (tertiary alicyclic amines) is 1. The number of aromatic nitrogens is 3. The first-order chi connectivity index (χ1) is 14.3. The van der Waals surface area contributed by atoms with Gasteiger partial charge >= 0.3 is 0 Å². The molecule has 0 saturated carbocycles. The van der Waals surface area contributed by atoms with E-state index in [1.54, 1.807) is 0 Å². The molecule has 8 heteroatoms. The maximum atomic E-state index is 13.4. The van der Waals surface area contributed by atoms with Gasteiger partial charge in [-0.1, -0.05) is 42.1 Å². The fraction of sp³-hybridized carbons (Fsp3) is 0.571. The van der Waals surface area contributed by atoms with E-state index in [4.69, 9.17) is 4.74 Å². The third-order valence-corrected chi connectivity index (χ3v) is 6.75. The molecule has 0 N–H and O–H groups in total. The molecule has 1 atom stereocenters. The largest absolute Gasteiger partial charge is 0.378 e. The summed E-state index contributed by atoms with van der Waals surface area (Å²) in [5.74, 6) is 1.05. The van der Waals surface area contributed by atoms with Gasteiger partial charge in [-0.2, -0.15) is 0 Å². The Bertz CT molecular complexity index is 801. The van der Waals surface area contributed by atoms with Crippen LogP contribution in [0.25, 0.3) is 0 Å². The monoisotopic (exact) mass is 415 g/mol. The van der Waals surface area contributed by atoms with Gasteiger partial charge in [0, 0.05) is 32.7 Å². The van der Waals surface area contributed by atoms with Crippen molar-refractivity contribution in [3.8, 4) is 0 Å². The molecule has 1 aromatic carbocycles. The number of hydrogen-bond donors (Lipinski definition) is 0. The number of benzene rings is 1. The summed E-state index contributed by atoms with van der Waals surface area (Å²) >= 11 is 1.52. The molecular formula is C21H29N5O2S. The van der Waals surface area contributed by atoms with Crippen molar-refractivity contribution in [2.45, 2.75) is 43.1 Å². The van der Waals surface area contributed by atoms with Gasteiger partial charge in [-0.05, 0) is 31.7 Å². The molecule has 1 aromatic heterocycles. The topological polar surface area (TPSA) is 63.5 Å². The van der Waals surface area contributed by atoms with Gasteiger partial charge in [0.15, 0.2) is 5.16 Å². The number of piperidine rings is 1. The lowest BCUT2D eigenvalue weighted by Gasteiger charge is -2.30. The fourth-order valence-corrected chi connectivity index (χ4v) is 5.10. The van der Waals surface area contributed by atoms with Crippen LogP contribution in [0, 0.1) is 0 Å². The molecule has 0 spiro atoms. The van der Waals surface area contributed by atoms with Crippen LogP contribution in [0.1, 0.15) is 37.0 Å². The lowest BCUT2D eigenvalue weighted by molar-refractivity contribution is -0.131. The van der Waals surface area contributed by atoms with Crippen LogP contribution in [0.5, 0.6) is 0 Å². The Morgan fingerprint density at radius 2 is 1.79 bits per heavy atom. The number of amides is 1. The van der Waals surface area contributed by atoms with Crippen LogP contribution < -0.4 is 4.90 Å². The van der Waals surface area contributed by atoms with E-state index in [9.17, 15) is 4.79 Å². The van der Waals surface area contributed by atoms with E-state index in [0.29, 0.717) is 13.2 Å². The van der Waals surface area contributed by atoms with Crippen LogP contribution in [0.4, 0.5) is 5.95 Å². The first-order valence-electron chi connectivity index (χ1n) is 10.5. The average Bonchev–Trinajstić information content (AvgIpc) is 3.21. The number of nitrogens with zero attached hydrogens (tertiary/aromatic N) is 5. The molecule has 7 nitrogen and oxygen atoms in total. The molecule has 0 unspecified atom stereocenters. The normalized spacial score (nSPS) is 18.7. The highest BCUT2D eigenvalue weighted by Gasteiger charge is 2.30. The molecule has 2 aromatic rings. The summed E-state index contributed by atoms with van der Waals surface area (Å²) in [6, 6.07) is 10.1. The fourth-order valence-electron chi connectivity index (χ4n) is 3.92. The van der Waals surface area contributed by atoms with Crippen LogP contribution >= 0.6 is 11.8 Å². The van der Waals surface area contributed by atoms with Crippen molar-refractivity contribution in [2.75, 3.05) is 44.3 Å². The molecular weight excluding hydrogens is 386 g/mol. The van der Waals surface area contributed by atoms with Crippen LogP contribution in [-0.4, -0.2) is 65.0 Å². The summed E-state index contributed by atoms with van der Waals surface area (Å²) in [5, 5.41) is 9.44. The minimum absolute atomic E-state index is 0.180. The third kappa shape index (κ3) is 4.59. The van der Waals surface area contributed by atoms with Crippen molar-refractivity contribution in [3.05, 3.63) is 35.9 Å². The molecule has 4 rings (SSSR count). The van der Waals surface area contributed by atoms with Gasteiger partial charge in [-0.3, -0.25) is 9.36 Å². The molecule has 29 heavy (non-hydrogen) atoms. The van der Waals surface area contributed by atoms with Gasteiger partial charge < -0.3 is 14.5 Å². The summed E-state index contributed by atoms with van der Waals surface area (Å²) < 4.78 is 7.59. The van der Waals surface area contributed by atoms with E-state index in [0.717, 1.165) is 62.2 Å². The van der Waals surface area contributed by atoms with Gasteiger partial charge in [0.05, 0.1) is 13.2 Å². The average molecular weight is 416 g/mol. The second-order valence-corrected chi connectivity index (χ2v) is 8.49. The van der Waals surface area contributed by atoms with Crippen molar-refractivity contribution in [1.29, 1.82) is 0 Å². The Kier molecular flexibility index (Phi) is 6.71. The number of thioether (sulfide) groups is 1. The lowest BCUT2D eigenvalue weighted by atomic mass is 10.1. The predicted octanol–water partition coefficient (Wildman–Crippen LogP) is 2.98. The number of ether oxygens (including phenoxy) is 1. The van der Waals surface area contributed by atoms with E-state index in [2.05, 4.69) is 26.6 Å². The number of rotatable bonds is 6. The van der Waals surface area contributed by atoms with Crippen molar-refractivity contribution >= 4 is 23.6 Å². The highest BCUT2D eigenvalue weighted by Crippen LogP contribution is 2.37. The van der Waals surface area contributed by atoms with E-state index < -0.39 is 0 Å². The van der Waals surface area contributed by atoms with Crippen LogP contribution in [0.2, 0.25) is 0 Å². The zero-order valence-corrected chi connectivity index (χ0v) is 17.8. The van der Waals surface area contributed by atoms with Crippen molar-refractivity contribution in [1.82, 2.24) is 19.7 Å². The zero-order valence-electron chi connectivity index (χ0n) is 17.0. The second-order valence-electron chi connectivity index (χ2n) is 7.42. The summed E-state index contributed by atoms with van der Waals surface area (Å²) in [5.41, 5.74) is 1.02. The van der Waals surface area contributed by atoms with Gasteiger partial charge in [-0.25, -0.2) is 0 Å². The van der Waals surface area contributed by atoms with E-state index in [1.807, 2.05) is 35.2 Å². The quantitative estimate of drug-likeness (QED) is 0.676. The van der Waals surface area contributed by atoms with E-state index in [-0.39, 0.29) is 11.2 Å². The SMILES string of the molecule is CCn1c(S[C@@H](C(=O)N2CCCCC2)c2ccccc2)nnc1N1CCOCC1. The van der Waals surface area contributed by atoms with Crippen molar-refractivity contribution in [2.24, 2.45) is 0 Å². The third-order valence-electron chi connectivity index (χ3n) is 5.53. The summed E-state index contributed by atoms with van der Waals surface area (Å²) in [4.78, 5) is 17.7. The highest BCUT2D eigenvalue weighted by molar-refractivity contribution is 8.00. The molecule has 0 bridgehead atoms. The Morgan fingerprint density at radius 1 is 1.07 bits per heavy atom. The first-order valence-corrected chi connectivity index (χ1v) is 11.4. The molecule has 156 valence electrons. The number of carbonyl (C=O) groups is 1. The predicted molar refractivity (Wildman–Crippen MR) is 114 cm³/mol. The Hall–Kier alpha value is -2.06. The van der Waals surface area contributed by atoms with Crippen molar-refractivity contribution in [3.63, 3.8) is 0 Å². The van der Waals surface area contributed by atoms with Crippen molar-refractivity contribution < 1.29 is 9.53 Å². The molecule has 1 amide bonds. The number of carbonyl (C=O) groups excluding carboxylic acids is 1. The van der Waals surface area contributed by atoms with Crippen LogP contribution in [0.3, 0.4) is 0 Å². The molecule has 2 aliphatic heterocycles. The molecule has 2 fully saturated rings. The first kappa shape index (κ1) is 20.2. The lowest BCUT2D eigenvalue weighted by Crippen LogP contribution is -2.38. The highest BCUT2D eigenvalue weighted by atomic mass is 32.2. The Morgan fingerprint density at radius 3 is 2.48 bits per heavy atom. The van der Waals surface area contributed by atoms with Crippen LogP contribution in [0.15, 0.2) is 35.5 Å². The van der Waals surface area contributed by atoms with E-state index >= 15 is 0 Å². The molecule has 0 radical (unpaired) electrons. The smallest absolute Gasteiger partial charge is 0.240 e. The minimum atomic E-state index is -0.304. The standard InChI is InChI=1S/C21H29N5O2S/c1-2-26-20(25-13-15-28-16-14-25)22-23-21(26)29-18(17-9-5-3-6-10-17)19(27)24-11-7-4-8-12-24/h3,5-6,9-10,18H,2,4,7-8,11-16H2,1H3/t18-/m1/s1. The van der Waals surface area contributed by atoms with Gasteiger partial charge in [0.2, 0.25) is 11.9 Å². The molecule has 0 aliphatic carbocycles. The second kappa shape index (κ2) is 9.63. The van der Waals surface area contributed by atoms with Crippen LogP contribution in [-0.2, 0) is 16.1 Å². The molecule has 2 saturated heterocycles. The van der Waals surface area contributed by atoms with Gasteiger partial charge in [-0.15, -0.1) is 10.2 Å². The maximum Gasteiger partial charge on any atom is 0.240 e. The van der Waals surface area contributed by atoms with Gasteiger partial charge in [0.1, 0.15) is 5.25 Å².